The number of ether oxygens (including phenoxy) is 1. The van der Waals surface area contributed by atoms with Crippen LogP contribution in [0.5, 0.6) is 0 Å². The number of anilines is 1. The third kappa shape index (κ3) is 2.66. The Morgan fingerprint density at radius 3 is 2.84 bits per heavy atom. The minimum atomic E-state index is -0.889. The van der Waals surface area contributed by atoms with Crippen LogP contribution >= 0.6 is 0 Å². The van der Waals surface area contributed by atoms with Crippen LogP contribution in [0.1, 0.15) is 32.2 Å². The van der Waals surface area contributed by atoms with E-state index in [-0.39, 0.29) is 23.8 Å². The van der Waals surface area contributed by atoms with Gasteiger partial charge >= 0.3 is 0 Å². The first-order valence-electron chi connectivity index (χ1n) is 10.9. The topological polar surface area (TPSA) is 88.4 Å². The minimum Gasteiger partial charge on any atom is -0.379 e. The van der Waals surface area contributed by atoms with Gasteiger partial charge in [0.25, 0.3) is 0 Å². The molecular weight excluding hydrogens is 392 g/mol. The van der Waals surface area contributed by atoms with Crippen molar-refractivity contribution in [3.8, 4) is 17.2 Å². The zero-order valence-corrected chi connectivity index (χ0v) is 17.4. The molecule has 6 rings (SSSR count). The summed E-state index contributed by atoms with van der Waals surface area (Å²) < 4.78 is 9.26. The van der Waals surface area contributed by atoms with E-state index >= 15 is 0 Å². The van der Waals surface area contributed by atoms with Gasteiger partial charge in [0, 0.05) is 48.8 Å². The lowest BCUT2D eigenvalue weighted by atomic mass is 9.75. The maximum Gasteiger partial charge on any atom is 0.248 e. The number of hydrogen-bond donors (Lipinski definition) is 0. The Morgan fingerprint density at radius 2 is 2.10 bits per heavy atom. The summed E-state index contributed by atoms with van der Waals surface area (Å²) in [7, 11) is 0. The second-order valence-corrected chi connectivity index (χ2v) is 9.07. The van der Waals surface area contributed by atoms with Crippen molar-refractivity contribution in [2.45, 2.75) is 32.2 Å². The van der Waals surface area contributed by atoms with Gasteiger partial charge in [0.1, 0.15) is 5.41 Å². The molecule has 3 atom stereocenters. The largest absolute Gasteiger partial charge is 0.379 e. The number of aromatic nitrogens is 4. The van der Waals surface area contributed by atoms with E-state index in [4.69, 9.17) is 4.74 Å². The van der Waals surface area contributed by atoms with Crippen LogP contribution in [0.3, 0.4) is 0 Å². The van der Waals surface area contributed by atoms with Crippen molar-refractivity contribution in [2.75, 3.05) is 24.7 Å². The molecular formula is C23H24N6O2. The molecule has 3 fully saturated rings. The van der Waals surface area contributed by atoms with Crippen LogP contribution in [0.15, 0.2) is 36.9 Å². The van der Waals surface area contributed by atoms with Crippen LogP contribution in [-0.2, 0) is 9.53 Å². The summed E-state index contributed by atoms with van der Waals surface area (Å²) in [5, 5.41) is 18.9. The van der Waals surface area contributed by atoms with Gasteiger partial charge in [-0.2, -0.15) is 15.5 Å². The van der Waals surface area contributed by atoms with Gasteiger partial charge in [-0.1, -0.05) is 6.92 Å². The molecule has 1 unspecified atom stereocenters. The maximum absolute atomic E-state index is 13.5. The van der Waals surface area contributed by atoms with Crippen molar-refractivity contribution in [3.63, 3.8) is 0 Å². The molecule has 0 radical (unpaired) electrons. The third-order valence-corrected chi connectivity index (χ3v) is 7.23. The van der Waals surface area contributed by atoms with Crippen LogP contribution in [0.2, 0.25) is 0 Å². The highest BCUT2D eigenvalue weighted by molar-refractivity contribution is 6.05. The van der Waals surface area contributed by atoms with E-state index in [0.717, 1.165) is 48.2 Å². The van der Waals surface area contributed by atoms with E-state index in [9.17, 15) is 10.1 Å². The van der Waals surface area contributed by atoms with Gasteiger partial charge in [0.15, 0.2) is 0 Å². The fourth-order valence-corrected chi connectivity index (χ4v) is 5.31. The van der Waals surface area contributed by atoms with E-state index < -0.39 is 5.41 Å². The normalized spacial score (nSPS) is 28.5. The van der Waals surface area contributed by atoms with Gasteiger partial charge in [-0.05, 0) is 37.3 Å². The number of carbonyl (C=O) groups is 1. The molecule has 1 amide bonds. The van der Waals surface area contributed by atoms with Gasteiger partial charge in [-0.25, -0.2) is 4.52 Å². The average molecular weight is 416 g/mol. The second-order valence-electron chi connectivity index (χ2n) is 9.07. The summed E-state index contributed by atoms with van der Waals surface area (Å²) in [5.74, 6) is 0.137. The molecule has 0 bridgehead atoms. The predicted molar refractivity (Wildman–Crippen MR) is 113 cm³/mol. The number of carbonyl (C=O) groups excluding carboxylic acids is 1. The van der Waals surface area contributed by atoms with Gasteiger partial charge in [0.2, 0.25) is 5.91 Å². The van der Waals surface area contributed by atoms with Gasteiger partial charge in [-0.15, -0.1) is 0 Å². The molecule has 2 aliphatic heterocycles. The Morgan fingerprint density at radius 1 is 1.23 bits per heavy atom. The average Bonchev–Trinajstić information content (AvgIpc) is 3.20. The first-order chi connectivity index (χ1) is 15.1. The quantitative estimate of drug-likeness (QED) is 0.652. The molecule has 0 aromatic carbocycles. The molecule has 3 aromatic heterocycles. The monoisotopic (exact) mass is 416 g/mol. The fourth-order valence-electron chi connectivity index (χ4n) is 5.31. The summed E-state index contributed by atoms with van der Waals surface area (Å²) >= 11 is 0. The van der Waals surface area contributed by atoms with Crippen LogP contribution in [-0.4, -0.2) is 45.1 Å². The van der Waals surface area contributed by atoms with Crippen LogP contribution in [0.4, 0.5) is 5.69 Å². The molecule has 3 aromatic rings. The number of fused-ring (bicyclic) bond motifs is 1. The van der Waals surface area contributed by atoms with E-state index in [1.54, 1.807) is 11.1 Å². The van der Waals surface area contributed by atoms with Crippen LogP contribution in [0, 0.1) is 28.6 Å². The number of nitriles is 1. The standard InChI is InChI=1S/C23H24N6O2/c1-15-10-27(22(30)23(15,14-24)18-2-3-18)20-4-6-25-29-11-16(8-21(20)29)17-9-26-28(12-17)19-5-7-31-13-19/h4,6,8-9,11-12,15,18-19H,2-3,5,7,10,13H2,1H3/t15-,19?,23+/m1/s1. The smallest absolute Gasteiger partial charge is 0.248 e. The summed E-state index contributed by atoms with van der Waals surface area (Å²) in [5.41, 5.74) is 2.79. The highest BCUT2D eigenvalue weighted by Crippen LogP contribution is 2.54. The lowest BCUT2D eigenvalue weighted by molar-refractivity contribution is -0.124. The highest BCUT2D eigenvalue weighted by atomic mass is 16.5. The van der Waals surface area contributed by atoms with E-state index in [1.165, 1.54) is 0 Å². The lowest BCUT2D eigenvalue weighted by Crippen LogP contribution is -2.37. The molecule has 5 heterocycles. The molecule has 1 aliphatic carbocycles. The molecule has 2 saturated heterocycles. The molecule has 158 valence electrons. The summed E-state index contributed by atoms with van der Waals surface area (Å²) in [6.07, 6.45) is 10.5. The fraction of sp³-hybridized carbons (Fsp3) is 0.478. The Balaban J connectivity index is 1.37. The van der Waals surface area contributed by atoms with Gasteiger partial charge in [-0.3, -0.25) is 9.48 Å². The number of amides is 1. The Labute approximate surface area is 180 Å². The van der Waals surface area contributed by atoms with Crippen molar-refractivity contribution >= 4 is 17.1 Å². The van der Waals surface area contributed by atoms with Crippen LogP contribution in [0.25, 0.3) is 16.6 Å². The predicted octanol–water partition coefficient (Wildman–Crippen LogP) is 3.06. The SMILES string of the molecule is C[C@@H]1CN(c2ccnn3cc(-c4cnn(C5CCOC5)c4)cc23)C(=O)[C@]1(C#N)C1CC1. The van der Waals surface area contributed by atoms with Crippen LogP contribution < -0.4 is 4.90 Å². The van der Waals surface area contributed by atoms with Crippen molar-refractivity contribution < 1.29 is 9.53 Å². The molecule has 8 nitrogen and oxygen atoms in total. The van der Waals surface area contributed by atoms with Gasteiger partial charge < -0.3 is 9.64 Å². The van der Waals surface area contributed by atoms with E-state index in [0.29, 0.717) is 13.2 Å². The summed E-state index contributed by atoms with van der Waals surface area (Å²) in [6.45, 7) is 4.06. The number of rotatable bonds is 4. The molecule has 31 heavy (non-hydrogen) atoms. The number of nitrogens with zero attached hydrogens (tertiary/aromatic N) is 6. The molecule has 1 saturated carbocycles. The Hall–Kier alpha value is -3.18. The lowest BCUT2D eigenvalue weighted by Gasteiger charge is -2.23. The van der Waals surface area contributed by atoms with E-state index in [2.05, 4.69) is 22.3 Å². The zero-order chi connectivity index (χ0) is 21.2. The summed E-state index contributed by atoms with van der Waals surface area (Å²) in [6, 6.07) is 6.62. The second kappa shape index (κ2) is 6.66. The minimum absolute atomic E-state index is 0.00649. The first kappa shape index (κ1) is 18.6. The van der Waals surface area contributed by atoms with E-state index in [1.807, 2.05) is 40.8 Å². The number of hydrogen-bond acceptors (Lipinski definition) is 5. The molecule has 3 aliphatic rings. The van der Waals surface area contributed by atoms with Crippen molar-refractivity contribution in [2.24, 2.45) is 17.3 Å². The van der Waals surface area contributed by atoms with Gasteiger partial charge in [0.05, 0.1) is 36.1 Å². The molecule has 8 heteroatoms. The Bertz CT molecular complexity index is 1210. The van der Waals surface area contributed by atoms with Crippen molar-refractivity contribution in [1.29, 1.82) is 5.26 Å². The zero-order valence-electron chi connectivity index (χ0n) is 17.4. The third-order valence-electron chi connectivity index (χ3n) is 7.23. The molecule has 0 N–H and O–H groups in total. The van der Waals surface area contributed by atoms with Crippen molar-refractivity contribution in [3.05, 3.63) is 36.9 Å². The maximum atomic E-state index is 13.5. The first-order valence-corrected chi connectivity index (χ1v) is 10.9. The summed E-state index contributed by atoms with van der Waals surface area (Å²) in [4.78, 5) is 15.3. The molecule has 0 spiro atoms. The van der Waals surface area contributed by atoms with Crippen molar-refractivity contribution in [1.82, 2.24) is 19.4 Å². The Kier molecular flexibility index (Phi) is 3.99. The highest BCUT2D eigenvalue weighted by Gasteiger charge is 2.61.